The van der Waals surface area contributed by atoms with Gasteiger partial charge in [0, 0.05) is 28.7 Å². The molecule has 5 nitrogen and oxygen atoms in total. The molecule has 0 atom stereocenters. The molecular formula is C19H17BrN2O3. The quantitative estimate of drug-likeness (QED) is 0.715. The number of methoxy groups -OCH3 is 1. The summed E-state index contributed by atoms with van der Waals surface area (Å²) in [4.78, 5) is 24.2. The van der Waals surface area contributed by atoms with E-state index in [4.69, 9.17) is 4.74 Å². The molecule has 128 valence electrons. The van der Waals surface area contributed by atoms with E-state index in [0.717, 1.165) is 21.3 Å². The Morgan fingerprint density at radius 3 is 2.64 bits per heavy atom. The van der Waals surface area contributed by atoms with Gasteiger partial charge >= 0.3 is 0 Å². The first kappa shape index (κ1) is 17.2. The molecule has 0 saturated carbocycles. The maximum atomic E-state index is 12.3. The van der Waals surface area contributed by atoms with Crippen molar-refractivity contribution in [3.8, 4) is 5.75 Å². The van der Waals surface area contributed by atoms with Gasteiger partial charge in [-0.1, -0.05) is 28.1 Å². The maximum absolute atomic E-state index is 12.3. The molecule has 25 heavy (non-hydrogen) atoms. The molecule has 0 aliphatic carbocycles. The number of rotatable bonds is 5. The molecule has 0 aliphatic heterocycles. The second-order valence-corrected chi connectivity index (χ2v) is 6.51. The van der Waals surface area contributed by atoms with Crippen LogP contribution >= 0.6 is 15.9 Å². The van der Waals surface area contributed by atoms with Gasteiger partial charge in [0.2, 0.25) is 5.91 Å². The zero-order valence-electron chi connectivity index (χ0n) is 13.7. The van der Waals surface area contributed by atoms with Crippen LogP contribution in [0.4, 0.5) is 0 Å². The highest BCUT2D eigenvalue weighted by Crippen LogP contribution is 2.17. The van der Waals surface area contributed by atoms with Gasteiger partial charge in [-0.25, -0.2) is 0 Å². The maximum Gasteiger partial charge on any atom is 0.240 e. The van der Waals surface area contributed by atoms with Crippen molar-refractivity contribution in [1.29, 1.82) is 0 Å². The number of carbonyl (C=O) groups excluding carboxylic acids is 1. The van der Waals surface area contributed by atoms with Gasteiger partial charge in [-0.15, -0.1) is 0 Å². The van der Waals surface area contributed by atoms with Crippen molar-refractivity contribution in [2.75, 3.05) is 7.11 Å². The number of carbonyl (C=O) groups is 1. The van der Waals surface area contributed by atoms with E-state index in [1.165, 1.54) is 6.07 Å². The SMILES string of the molecule is COc1ccc(CNC(=O)Cn2ccc(=O)c3cc(Br)ccc32)cc1. The Kier molecular flexibility index (Phi) is 5.19. The van der Waals surface area contributed by atoms with Crippen LogP contribution in [0.5, 0.6) is 5.75 Å². The van der Waals surface area contributed by atoms with Crippen LogP contribution in [0.2, 0.25) is 0 Å². The molecule has 1 amide bonds. The normalized spacial score (nSPS) is 10.6. The van der Waals surface area contributed by atoms with E-state index in [9.17, 15) is 9.59 Å². The average molecular weight is 401 g/mol. The number of fused-ring (bicyclic) bond motifs is 1. The molecule has 6 heteroatoms. The van der Waals surface area contributed by atoms with Crippen molar-refractivity contribution in [3.63, 3.8) is 0 Å². The number of benzene rings is 2. The van der Waals surface area contributed by atoms with E-state index < -0.39 is 0 Å². The second kappa shape index (κ2) is 7.53. The fraction of sp³-hybridized carbons (Fsp3) is 0.158. The molecule has 0 bridgehead atoms. The van der Waals surface area contributed by atoms with Gasteiger partial charge in [0.05, 0.1) is 12.6 Å². The number of ether oxygens (including phenoxy) is 1. The highest BCUT2D eigenvalue weighted by atomic mass is 79.9. The lowest BCUT2D eigenvalue weighted by atomic mass is 10.2. The molecule has 1 heterocycles. The zero-order chi connectivity index (χ0) is 17.8. The molecule has 2 aromatic carbocycles. The lowest BCUT2D eigenvalue weighted by Gasteiger charge is -2.11. The smallest absolute Gasteiger partial charge is 0.240 e. The summed E-state index contributed by atoms with van der Waals surface area (Å²) in [6.45, 7) is 0.584. The van der Waals surface area contributed by atoms with E-state index in [1.54, 1.807) is 23.9 Å². The minimum atomic E-state index is -0.122. The van der Waals surface area contributed by atoms with Gasteiger partial charge in [-0.05, 0) is 35.9 Å². The molecule has 0 aliphatic rings. The Morgan fingerprint density at radius 1 is 1.16 bits per heavy atom. The van der Waals surface area contributed by atoms with Crippen molar-refractivity contribution < 1.29 is 9.53 Å². The number of hydrogen-bond acceptors (Lipinski definition) is 3. The van der Waals surface area contributed by atoms with E-state index in [0.29, 0.717) is 11.9 Å². The highest BCUT2D eigenvalue weighted by molar-refractivity contribution is 9.10. The Balaban J connectivity index is 1.71. The number of aromatic nitrogens is 1. The number of halogens is 1. The summed E-state index contributed by atoms with van der Waals surface area (Å²) in [5.74, 6) is 0.657. The fourth-order valence-corrected chi connectivity index (χ4v) is 2.94. The minimum Gasteiger partial charge on any atom is -0.497 e. The monoisotopic (exact) mass is 400 g/mol. The molecule has 0 radical (unpaired) electrons. The van der Waals surface area contributed by atoms with Crippen LogP contribution < -0.4 is 15.5 Å². The second-order valence-electron chi connectivity index (χ2n) is 5.59. The third-order valence-corrected chi connectivity index (χ3v) is 4.40. The zero-order valence-corrected chi connectivity index (χ0v) is 15.2. The van der Waals surface area contributed by atoms with Gasteiger partial charge in [0.15, 0.2) is 5.43 Å². The molecular weight excluding hydrogens is 384 g/mol. The molecule has 0 unspecified atom stereocenters. The number of amides is 1. The van der Waals surface area contributed by atoms with Crippen LogP contribution in [0, 0.1) is 0 Å². The van der Waals surface area contributed by atoms with Crippen LogP contribution in [0.25, 0.3) is 10.9 Å². The van der Waals surface area contributed by atoms with E-state index in [1.807, 2.05) is 36.4 Å². The van der Waals surface area contributed by atoms with Crippen molar-refractivity contribution in [2.45, 2.75) is 13.1 Å². The molecule has 1 aromatic heterocycles. The number of pyridine rings is 1. The first-order chi connectivity index (χ1) is 12.1. The molecule has 0 spiro atoms. The third-order valence-electron chi connectivity index (χ3n) is 3.90. The highest BCUT2D eigenvalue weighted by Gasteiger charge is 2.07. The van der Waals surface area contributed by atoms with Crippen LogP contribution in [0.15, 0.2) is 64.0 Å². The summed E-state index contributed by atoms with van der Waals surface area (Å²) in [5, 5.41) is 3.47. The van der Waals surface area contributed by atoms with Gasteiger partial charge in [-0.2, -0.15) is 0 Å². The van der Waals surface area contributed by atoms with Crippen LogP contribution in [0.3, 0.4) is 0 Å². The van der Waals surface area contributed by atoms with Gasteiger partial charge in [0.25, 0.3) is 0 Å². The predicted molar refractivity (Wildman–Crippen MR) is 101 cm³/mol. The van der Waals surface area contributed by atoms with Crippen LogP contribution in [0.1, 0.15) is 5.56 Å². The van der Waals surface area contributed by atoms with Crippen molar-refractivity contribution in [3.05, 3.63) is 75.0 Å². The lowest BCUT2D eigenvalue weighted by Crippen LogP contribution is -2.27. The van der Waals surface area contributed by atoms with E-state index in [-0.39, 0.29) is 17.9 Å². The van der Waals surface area contributed by atoms with Crippen LogP contribution in [-0.2, 0) is 17.9 Å². The standard InChI is InChI=1S/C19H17BrN2O3/c1-25-15-5-2-13(3-6-15)11-21-19(24)12-22-9-8-18(23)16-10-14(20)4-7-17(16)22/h2-10H,11-12H2,1H3,(H,21,24). The largest absolute Gasteiger partial charge is 0.497 e. The summed E-state index contributed by atoms with van der Waals surface area (Å²) in [7, 11) is 1.62. The van der Waals surface area contributed by atoms with Crippen molar-refractivity contribution in [1.82, 2.24) is 9.88 Å². The minimum absolute atomic E-state index is 0.0637. The number of hydrogen-bond donors (Lipinski definition) is 1. The molecule has 0 fully saturated rings. The lowest BCUT2D eigenvalue weighted by molar-refractivity contribution is -0.121. The molecule has 3 aromatic rings. The van der Waals surface area contributed by atoms with Crippen molar-refractivity contribution >= 4 is 32.7 Å². The predicted octanol–water partition coefficient (Wildman–Crippen LogP) is 3.09. The van der Waals surface area contributed by atoms with E-state index in [2.05, 4.69) is 21.2 Å². The summed E-state index contributed by atoms with van der Waals surface area (Å²) in [5.41, 5.74) is 1.66. The molecule has 0 saturated heterocycles. The summed E-state index contributed by atoms with van der Waals surface area (Å²) in [6.07, 6.45) is 1.64. The van der Waals surface area contributed by atoms with E-state index >= 15 is 0 Å². The topological polar surface area (TPSA) is 60.3 Å². The van der Waals surface area contributed by atoms with Crippen molar-refractivity contribution in [2.24, 2.45) is 0 Å². The van der Waals surface area contributed by atoms with Crippen LogP contribution in [-0.4, -0.2) is 17.6 Å². The Bertz CT molecular complexity index is 965. The molecule has 1 N–H and O–H groups in total. The Morgan fingerprint density at radius 2 is 1.92 bits per heavy atom. The van der Waals surface area contributed by atoms with Gasteiger partial charge < -0.3 is 14.6 Å². The number of nitrogens with one attached hydrogen (secondary N) is 1. The fourth-order valence-electron chi connectivity index (χ4n) is 2.58. The Labute approximate surface area is 153 Å². The summed E-state index contributed by atoms with van der Waals surface area (Å²) in [6, 6.07) is 14.5. The first-order valence-electron chi connectivity index (χ1n) is 7.75. The van der Waals surface area contributed by atoms with Gasteiger partial charge in [0.1, 0.15) is 12.3 Å². The van der Waals surface area contributed by atoms with Gasteiger partial charge in [-0.3, -0.25) is 9.59 Å². The molecule has 3 rings (SSSR count). The first-order valence-corrected chi connectivity index (χ1v) is 8.54. The number of nitrogens with zero attached hydrogens (tertiary/aromatic N) is 1. The summed E-state index contributed by atoms with van der Waals surface area (Å²) < 4.78 is 7.72. The summed E-state index contributed by atoms with van der Waals surface area (Å²) >= 11 is 3.37. The Hall–Kier alpha value is -2.60. The average Bonchev–Trinajstić information content (AvgIpc) is 2.63. The third kappa shape index (κ3) is 4.09.